The Morgan fingerprint density at radius 3 is 2.46 bits per heavy atom. The van der Waals surface area contributed by atoms with Crippen LogP contribution < -0.4 is 5.56 Å². The number of aryl methyl sites for hydroxylation is 1. The molecule has 0 saturated carbocycles. The molecule has 6 heteroatoms. The third-order valence-corrected chi connectivity index (χ3v) is 5.55. The predicted molar refractivity (Wildman–Crippen MR) is 114 cm³/mol. The Morgan fingerprint density at radius 1 is 1.00 bits per heavy atom. The summed E-state index contributed by atoms with van der Waals surface area (Å²) in [6.45, 7) is 7.14. The smallest absolute Gasteiger partial charge is 0.265 e. The average molecular weight is 377 g/mol. The van der Waals surface area contributed by atoms with Crippen LogP contribution in [0.1, 0.15) is 58.9 Å². The SMILES string of the molecule is CCCCCCn1cnc2c(c1=O)c1nc3ccccc3nc1n2C(C)CC. The zero-order chi connectivity index (χ0) is 19.7. The maximum Gasteiger partial charge on any atom is 0.265 e. The van der Waals surface area contributed by atoms with Crippen molar-refractivity contribution in [2.75, 3.05) is 0 Å². The van der Waals surface area contributed by atoms with Gasteiger partial charge in [0.05, 0.1) is 17.4 Å². The minimum atomic E-state index is -0.0156. The number of hydrogen-bond acceptors (Lipinski definition) is 4. The van der Waals surface area contributed by atoms with Crippen molar-refractivity contribution in [2.24, 2.45) is 0 Å². The van der Waals surface area contributed by atoms with Gasteiger partial charge in [0.15, 0.2) is 11.3 Å². The second-order valence-electron chi connectivity index (χ2n) is 7.51. The average Bonchev–Trinajstić information content (AvgIpc) is 3.04. The first-order valence-electron chi connectivity index (χ1n) is 10.3. The Morgan fingerprint density at radius 2 is 1.75 bits per heavy atom. The first kappa shape index (κ1) is 18.6. The number of aromatic nitrogens is 5. The third-order valence-electron chi connectivity index (χ3n) is 5.55. The summed E-state index contributed by atoms with van der Waals surface area (Å²) in [5.41, 5.74) is 3.72. The molecule has 146 valence electrons. The molecule has 1 unspecified atom stereocenters. The Kier molecular flexibility index (Phi) is 5.11. The standard InChI is InChI=1S/C22H27N5O/c1-4-6-7-10-13-26-14-23-20-18(22(26)28)19-21(27(20)15(3)5-2)25-17-12-9-8-11-16(17)24-19/h8-9,11-12,14-15H,4-7,10,13H2,1-3H3. The fourth-order valence-electron chi connectivity index (χ4n) is 3.77. The minimum absolute atomic E-state index is 0.0156. The molecule has 0 amide bonds. The highest BCUT2D eigenvalue weighted by Crippen LogP contribution is 2.29. The number of fused-ring (bicyclic) bond motifs is 4. The fraction of sp³-hybridized carbons (Fsp3) is 0.455. The summed E-state index contributed by atoms with van der Waals surface area (Å²) in [4.78, 5) is 27.7. The number of unbranched alkanes of at least 4 members (excludes halogenated alkanes) is 3. The highest BCUT2D eigenvalue weighted by molar-refractivity contribution is 6.04. The summed E-state index contributed by atoms with van der Waals surface area (Å²) in [7, 11) is 0. The van der Waals surface area contributed by atoms with Crippen LogP contribution in [0.4, 0.5) is 0 Å². The van der Waals surface area contributed by atoms with Crippen LogP contribution in [0.2, 0.25) is 0 Å². The maximum absolute atomic E-state index is 13.3. The van der Waals surface area contributed by atoms with Crippen molar-refractivity contribution in [3.63, 3.8) is 0 Å². The van der Waals surface area contributed by atoms with E-state index in [4.69, 9.17) is 9.97 Å². The third kappa shape index (κ3) is 3.07. The highest BCUT2D eigenvalue weighted by atomic mass is 16.1. The van der Waals surface area contributed by atoms with Crippen LogP contribution in [0, 0.1) is 0 Å². The van der Waals surface area contributed by atoms with E-state index in [2.05, 4.69) is 30.3 Å². The lowest BCUT2D eigenvalue weighted by Crippen LogP contribution is -2.21. The molecule has 0 saturated heterocycles. The summed E-state index contributed by atoms with van der Waals surface area (Å²) in [6.07, 6.45) is 7.09. The number of benzene rings is 1. The molecule has 0 aliphatic heterocycles. The molecule has 4 aromatic rings. The van der Waals surface area contributed by atoms with Gasteiger partial charge in [0.1, 0.15) is 10.9 Å². The van der Waals surface area contributed by atoms with Crippen molar-refractivity contribution in [3.8, 4) is 0 Å². The summed E-state index contributed by atoms with van der Waals surface area (Å²) in [6, 6.07) is 7.98. The molecule has 0 fully saturated rings. The molecule has 0 aliphatic rings. The van der Waals surface area contributed by atoms with E-state index in [9.17, 15) is 4.79 Å². The maximum atomic E-state index is 13.3. The van der Waals surface area contributed by atoms with Gasteiger partial charge in [-0.2, -0.15) is 0 Å². The molecular weight excluding hydrogens is 350 g/mol. The monoisotopic (exact) mass is 377 g/mol. The molecule has 1 atom stereocenters. The number of hydrogen-bond donors (Lipinski definition) is 0. The van der Waals surface area contributed by atoms with Crippen LogP contribution in [0.5, 0.6) is 0 Å². The van der Waals surface area contributed by atoms with E-state index in [0.717, 1.165) is 35.9 Å². The van der Waals surface area contributed by atoms with Gasteiger partial charge in [0.25, 0.3) is 5.56 Å². The summed E-state index contributed by atoms with van der Waals surface area (Å²) < 4.78 is 3.81. The fourth-order valence-corrected chi connectivity index (χ4v) is 3.77. The quantitative estimate of drug-likeness (QED) is 0.432. The van der Waals surface area contributed by atoms with Gasteiger partial charge in [-0.25, -0.2) is 15.0 Å². The number of nitrogens with zero attached hydrogens (tertiary/aromatic N) is 5. The Bertz CT molecular complexity index is 1190. The van der Waals surface area contributed by atoms with Gasteiger partial charge >= 0.3 is 0 Å². The second-order valence-corrected chi connectivity index (χ2v) is 7.51. The first-order chi connectivity index (χ1) is 13.7. The summed E-state index contributed by atoms with van der Waals surface area (Å²) >= 11 is 0. The Labute approximate surface area is 164 Å². The van der Waals surface area contributed by atoms with Crippen molar-refractivity contribution in [1.29, 1.82) is 0 Å². The van der Waals surface area contributed by atoms with E-state index in [1.165, 1.54) is 12.8 Å². The predicted octanol–water partition coefficient (Wildman–Crippen LogP) is 4.85. The topological polar surface area (TPSA) is 65.6 Å². The van der Waals surface area contributed by atoms with E-state index < -0.39 is 0 Å². The lowest BCUT2D eigenvalue weighted by Gasteiger charge is -2.13. The van der Waals surface area contributed by atoms with Crippen LogP contribution in [-0.4, -0.2) is 24.1 Å². The molecular formula is C22H27N5O. The molecule has 0 radical (unpaired) electrons. The lowest BCUT2D eigenvalue weighted by molar-refractivity contribution is 0.549. The Balaban J connectivity index is 1.97. The molecule has 0 bridgehead atoms. The molecule has 3 heterocycles. The minimum Gasteiger partial charge on any atom is -0.306 e. The van der Waals surface area contributed by atoms with Crippen LogP contribution in [0.25, 0.3) is 33.2 Å². The zero-order valence-electron chi connectivity index (χ0n) is 16.9. The van der Waals surface area contributed by atoms with Gasteiger partial charge in [-0.1, -0.05) is 45.2 Å². The molecule has 0 spiro atoms. The summed E-state index contributed by atoms with van der Waals surface area (Å²) in [5, 5.41) is 0.589. The Hall–Kier alpha value is -2.76. The normalized spacial score (nSPS) is 13.0. The van der Waals surface area contributed by atoms with Crippen molar-refractivity contribution in [2.45, 2.75) is 65.5 Å². The van der Waals surface area contributed by atoms with Crippen molar-refractivity contribution in [1.82, 2.24) is 24.1 Å². The number of rotatable bonds is 7. The van der Waals surface area contributed by atoms with Crippen molar-refractivity contribution in [3.05, 3.63) is 40.9 Å². The molecule has 0 aliphatic carbocycles. The van der Waals surface area contributed by atoms with Gasteiger partial charge in [0, 0.05) is 12.6 Å². The van der Waals surface area contributed by atoms with Crippen LogP contribution in [0.3, 0.4) is 0 Å². The molecule has 0 N–H and O–H groups in total. The van der Waals surface area contributed by atoms with Crippen LogP contribution in [0.15, 0.2) is 35.4 Å². The van der Waals surface area contributed by atoms with E-state index in [1.54, 1.807) is 10.9 Å². The van der Waals surface area contributed by atoms with E-state index >= 15 is 0 Å². The van der Waals surface area contributed by atoms with Gasteiger partial charge in [-0.15, -0.1) is 0 Å². The molecule has 3 aromatic heterocycles. The van der Waals surface area contributed by atoms with Crippen LogP contribution in [-0.2, 0) is 6.54 Å². The van der Waals surface area contributed by atoms with Crippen LogP contribution >= 0.6 is 0 Å². The molecule has 6 nitrogen and oxygen atoms in total. The van der Waals surface area contributed by atoms with Gasteiger partial charge in [-0.05, 0) is 31.9 Å². The van der Waals surface area contributed by atoms with Crippen molar-refractivity contribution < 1.29 is 0 Å². The lowest BCUT2D eigenvalue weighted by atomic mass is 10.2. The largest absolute Gasteiger partial charge is 0.306 e. The molecule has 4 rings (SSSR count). The van der Waals surface area contributed by atoms with Gasteiger partial charge in [-0.3, -0.25) is 9.36 Å². The van der Waals surface area contributed by atoms with Gasteiger partial charge < -0.3 is 4.57 Å². The van der Waals surface area contributed by atoms with Gasteiger partial charge in [0.2, 0.25) is 0 Å². The highest BCUT2D eigenvalue weighted by Gasteiger charge is 2.21. The molecule has 28 heavy (non-hydrogen) atoms. The number of para-hydroxylation sites is 2. The second kappa shape index (κ2) is 7.70. The van der Waals surface area contributed by atoms with Crippen molar-refractivity contribution >= 4 is 33.2 Å². The van der Waals surface area contributed by atoms with E-state index in [0.29, 0.717) is 23.1 Å². The van der Waals surface area contributed by atoms with E-state index in [-0.39, 0.29) is 11.6 Å². The first-order valence-corrected chi connectivity index (χ1v) is 10.3. The van der Waals surface area contributed by atoms with E-state index in [1.807, 2.05) is 24.3 Å². The zero-order valence-corrected chi connectivity index (χ0v) is 16.9. The molecule has 1 aromatic carbocycles. The summed E-state index contributed by atoms with van der Waals surface area (Å²) in [5.74, 6) is 0.